The minimum absolute atomic E-state index is 0.0208. The number of rotatable bonds is 6. The molecule has 4 heteroatoms. The minimum Gasteiger partial charge on any atom is -0.481 e. The van der Waals surface area contributed by atoms with Gasteiger partial charge < -0.3 is 10.2 Å². The monoisotopic (exact) mass is 209 g/mol. The van der Waals surface area contributed by atoms with Crippen molar-refractivity contribution in [2.45, 2.75) is 31.8 Å². The maximum Gasteiger partial charge on any atom is 0.303 e. The molecule has 1 rings (SSSR count). The van der Waals surface area contributed by atoms with Crippen molar-refractivity contribution in [1.82, 2.24) is 0 Å². The molecule has 0 bridgehead atoms. The summed E-state index contributed by atoms with van der Waals surface area (Å²) >= 11 is 0. The summed E-state index contributed by atoms with van der Waals surface area (Å²) in [6, 6.07) is 2.12. The van der Waals surface area contributed by atoms with Crippen molar-refractivity contribution in [2.75, 3.05) is 0 Å². The second-order valence-electron chi connectivity index (χ2n) is 3.84. The Morgan fingerprint density at radius 1 is 1.60 bits per heavy atom. The molecule has 1 aliphatic rings. The molecule has 0 aromatic carbocycles. The van der Waals surface area contributed by atoms with Gasteiger partial charge in [0.25, 0.3) is 0 Å². The second-order valence-corrected chi connectivity index (χ2v) is 3.84. The number of nitriles is 1. The zero-order valence-corrected chi connectivity index (χ0v) is 8.47. The molecule has 3 atom stereocenters. The Morgan fingerprint density at radius 3 is 2.87 bits per heavy atom. The van der Waals surface area contributed by atoms with E-state index in [-0.39, 0.29) is 18.3 Å². The maximum atomic E-state index is 10.2. The zero-order valence-electron chi connectivity index (χ0n) is 8.47. The van der Waals surface area contributed by atoms with E-state index in [0.717, 1.165) is 6.42 Å². The van der Waals surface area contributed by atoms with Gasteiger partial charge in [0.05, 0.1) is 18.1 Å². The minimum atomic E-state index is -0.813. The largest absolute Gasteiger partial charge is 0.481 e. The molecule has 1 saturated carbocycles. The predicted molar refractivity (Wildman–Crippen MR) is 53.8 cm³/mol. The first-order valence-electron chi connectivity index (χ1n) is 5.09. The molecule has 0 spiro atoms. The zero-order chi connectivity index (χ0) is 11.3. The number of hydrogen-bond donors (Lipinski definition) is 2. The molecule has 0 aromatic rings. The average molecular weight is 209 g/mol. The summed E-state index contributed by atoms with van der Waals surface area (Å²) in [6.07, 6.45) is 5.03. The van der Waals surface area contributed by atoms with Gasteiger partial charge in [-0.1, -0.05) is 12.2 Å². The number of aliphatic hydroxyl groups is 1. The summed E-state index contributed by atoms with van der Waals surface area (Å²) < 4.78 is 0. The molecule has 2 N–H and O–H groups in total. The van der Waals surface area contributed by atoms with Gasteiger partial charge in [-0.15, -0.1) is 0 Å². The molecule has 0 unspecified atom stereocenters. The lowest BCUT2D eigenvalue weighted by molar-refractivity contribution is -0.136. The highest BCUT2D eigenvalue weighted by Crippen LogP contribution is 2.41. The highest BCUT2D eigenvalue weighted by Gasteiger charge is 2.41. The van der Waals surface area contributed by atoms with E-state index in [9.17, 15) is 9.90 Å². The van der Waals surface area contributed by atoms with Crippen molar-refractivity contribution < 1.29 is 15.0 Å². The van der Waals surface area contributed by atoms with Crippen LogP contribution in [0.1, 0.15) is 25.7 Å². The molecule has 0 aliphatic heterocycles. The van der Waals surface area contributed by atoms with Crippen molar-refractivity contribution in [3.05, 3.63) is 12.2 Å². The van der Waals surface area contributed by atoms with Gasteiger partial charge in [0.15, 0.2) is 0 Å². The molecular weight excluding hydrogens is 194 g/mol. The van der Waals surface area contributed by atoms with E-state index in [4.69, 9.17) is 10.4 Å². The molecular formula is C11H15NO3. The van der Waals surface area contributed by atoms with Crippen molar-refractivity contribution >= 4 is 5.97 Å². The van der Waals surface area contributed by atoms with E-state index in [1.807, 2.05) is 0 Å². The van der Waals surface area contributed by atoms with Crippen molar-refractivity contribution in [1.29, 1.82) is 5.26 Å². The second kappa shape index (κ2) is 5.52. The highest BCUT2D eigenvalue weighted by molar-refractivity contribution is 5.66. The van der Waals surface area contributed by atoms with Crippen LogP contribution in [0.4, 0.5) is 0 Å². The molecule has 0 aromatic heterocycles. The summed E-state index contributed by atoms with van der Waals surface area (Å²) in [7, 11) is 0. The summed E-state index contributed by atoms with van der Waals surface area (Å²) in [6.45, 7) is 0. The van der Waals surface area contributed by atoms with Gasteiger partial charge in [0.2, 0.25) is 0 Å². The Bertz CT molecular complexity index is 293. The van der Waals surface area contributed by atoms with Crippen LogP contribution in [0.15, 0.2) is 12.2 Å². The standard InChI is InChI=1S/C11H15NO3/c12-7-8-6-9(8)10(13)4-2-1-3-5-11(14)15/h1-2,8-10,13H,3-6H2,(H,14,15)/b2-1+/t8-,9+,10+/m0/s1. The SMILES string of the molecule is N#C[C@@H]1C[C@H]1[C@H](O)C/C=C/CCC(=O)O. The fraction of sp³-hybridized carbons (Fsp3) is 0.636. The molecule has 0 heterocycles. The molecule has 1 fully saturated rings. The normalized spacial score (nSPS) is 26.1. The van der Waals surface area contributed by atoms with Gasteiger partial charge in [-0.2, -0.15) is 5.26 Å². The Labute approximate surface area is 88.8 Å². The summed E-state index contributed by atoms with van der Waals surface area (Å²) in [5.74, 6) is -0.668. The number of hydrogen-bond acceptors (Lipinski definition) is 3. The average Bonchev–Trinajstić information content (AvgIpc) is 2.95. The first-order chi connectivity index (χ1) is 7.15. The van der Waals surface area contributed by atoms with Crippen LogP contribution in [0.25, 0.3) is 0 Å². The third-order valence-corrected chi connectivity index (χ3v) is 2.57. The van der Waals surface area contributed by atoms with Crippen molar-refractivity contribution in [2.24, 2.45) is 11.8 Å². The lowest BCUT2D eigenvalue weighted by Gasteiger charge is -2.04. The number of carboxylic acids is 1. The van der Waals surface area contributed by atoms with Crippen LogP contribution in [0.3, 0.4) is 0 Å². The number of aliphatic hydroxyl groups excluding tert-OH is 1. The third-order valence-electron chi connectivity index (χ3n) is 2.57. The lowest BCUT2D eigenvalue weighted by Crippen LogP contribution is -2.08. The van der Waals surface area contributed by atoms with E-state index in [1.54, 1.807) is 12.2 Å². The summed E-state index contributed by atoms with van der Waals surface area (Å²) in [5, 5.41) is 26.5. The van der Waals surface area contributed by atoms with E-state index in [0.29, 0.717) is 12.8 Å². The van der Waals surface area contributed by atoms with E-state index in [2.05, 4.69) is 6.07 Å². The highest BCUT2D eigenvalue weighted by atomic mass is 16.4. The Balaban J connectivity index is 2.10. The number of nitrogens with zero attached hydrogens (tertiary/aromatic N) is 1. The van der Waals surface area contributed by atoms with Crippen LogP contribution in [0, 0.1) is 23.2 Å². The molecule has 4 nitrogen and oxygen atoms in total. The topological polar surface area (TPSA) is 81.3 Å². The van der Waals surface area contributed by atoms with Crippen LogP contribution in [-0.2, 0) is 4.79 Å². The van der Waals surface area contributed by atoms with Crippen LogP contribution in [0.5, 0.6) is 0 Å². The molecule has 0 saturated heterocycles. The molecule has 15 heavy (non-hydrogen) atoms. The summed E-state index contributed by atoms with van der Waals surface area (Å²) in [4.78, 5) is 10.2. The van der Waals surface area contributed by atoms with E-state index in [1.165, 1.54) is 0 Å². The van der Waals surface area contributed by atoms with Gasteiger partial charge in [-0.05, 0) is 19.3 Å². The first-order valence-corrected chi connectivity index (χ1v) is 5.09. The Morgan fingerprint density at radius 2 is 2.33 bits per heavy atom. The number of allylic oxidation sites excluding steroid dienone is 1. The number of carboxylic acid groups (broad SMARTS) is 1. The smallest absolute Gasteiger partial charge is 0.303 e. The first kappa shape index (κ1) is 11.7. The van der Waals surface area contributed by atoms with Gasteiger partial charge in [0, 0.05) is 12.3 Å². The number of carbonyl (C=O) groups is 1. The molecule has 0 radical (unpaired) electrons. The summed E-state index contributed by atoms with van der Waals surface area (Å²) in [5.41, 5.74) is 0. The van der Waals surface area contributed by atoms with Crippen molar-refractivity contribution in [3.63, 3.8) is 0 Å². The van der Waals surface area contributed by atoms with Crippen LogP contribution in [-0.4, -0.2) is 22.3 Å². The quantitative estimate of drug-likeness (QED) is 0.646. The lowest BCUT2D eigenvalue weighted by atomic mass is 10.1. The predicted octanol–water partition coefficient (Wildman–Crippen LogP) is 1.32. The molecule has 0 amide bonds. The van der Waals surface area contributed by atoms with E-state index >= 15 is 0 Å². The fourth-order valence-electron chi connectivity index (χ4n) is 1.52. The van der Waals surface area contributed by atoms with E-state index < -0.39 is 12.1 Å². The molecule has 1 aliphatic carbocycles. The van der Waals surface area contributed by atoms with Crippen LogP contribution < -0.4 is 0 Å². The van der Waals surface area contributed by atoms with Gasteiger partial charge in [-0.3, -0.25) is 4.79 Å². The van der Waals surface area contributed by atoms with Crippen LogP contribution >= 0.6 is 0 Å². The van der Waals surface area contributed by atoms with Crippen molar-refractivity contribution in [3.8, 4) is 6.07 Å². The van der Waals surface area contributed by atoms with Gasteiger partial charge in [-0.25, -0.2) is 0 Å². The maximum absolute atomic E-state index is 10.2. The third kappa shape index (κ3) is 4.13. The van der Waals surface area contributed by atoms with Crippen LogP contribution in [0.2, 0.25) is 0 Å². The Kier molecular flexibility index (Phi) is 4.32. The fourth-order valence-corrected chi connectivity index (χ4v) is 1.52. The van der Waals surface area contributed by atoms with Gasteiger partial charge in [0.1, 0.15) is 0 Å². The Hall–Kier alpha value is -1.34. The molecule has 82 valence electrons. The van der Waals surface area contributed by atoms with Gasteiger partial charge >= 0.3 is 5.97 Å². The number of aliphatic carboxylic acids is 1.